The largest absolute Gasteiger partial charge is 0.0776 e. The molecule has 0 saturated heterocycles. The average Bonchev–Trinajstić information content (AvgIpc) is 2.24. The van der Waals surface area contributed by atoms with E-state index in [1.54, 1.807) is 0 Å². The first-order valence-electron chi connectivity index (χ1n) is 6.69. The maximum atomic E-state index is 2.26. The molecule has 16 heavy (non-hydrogen) atoms. The van der Waals surface area contributed by atoms with Gasteiger partial charge in [0.1, 0.15) is 0 Å². The first-order valence-corrected chi connectivity index (χ1v) is 6.69. The van der Waals surface area contributed by atoms with Crippen LogP contribution < -0.4 is 0 Å². The minimum atomic E-state index is 0. The molecule has 0 aliphatic heterocycles. The van der Waals surface area contributed by atoms with E-state index in [0.29, 0.717) is 0 Å². The highest BCUT2D eigenvalue weighted by Crippen LogP contribution is 2.10. The Morgan fingerprint density at radius 3 is 0.562 bits per heavy atom. The highest BCUT2D eigenvalue weighted by atomic mass is 14.0. The summed E-state index contributed by atoms with van der Waals surface area (Å²) in [5, 5.41) is 0. The fourth-order valence-electron chi connectivity index (χ4n) is 1.73. The molecule has 0 radical (unpaired) electrons. The van der Waals surface area contributed by atoms with Gasteiger partial charge in [0.15, 0.2) is 0 Å². The number of rotatable bonds is 6. The predicted molar refractivity (Wildman–Crippen MR) is 82.2 cm³/mol. The number of hydrogen-bond donors (Lipinski definition) is 0. The summed E-state index contributed by atoms with van der Waals surface area (Å²) in [6, 6.07) is 0. The van der Waals surface area contributed by atoms with Crippen LogP contribution >= 0.6 is 0 Å². The molecule has 0 aliphatic rings. The molecule has 0 aliphatic carbocycles. The molecule has 0 aromatic rings. The van der Waals surface area contributed by atoms with Crippen molar-refractivity contribution in [3.63, 3.8) is 0 Å². The van der Waals surface area contributed by atoms with Crippen LogP contribution in [0.5, 0.6) is 0 Å². The molecule has 0 N–H and O–H groups in total. The van der Waals surface area contributed by atoms with E-state index in [1.165, 1.54) is 38.5 Å². The van der Waals surface area contributed by atoms with Crippen molar-refractivity contribution < 1.29 is 0 Å². The monoisotopic (exact) mass is 232 g/mol. The zero-order valence-corrected chi connectivity index (χ0v) is 11.4. The summed E-state index contributed by atoms with van der Waals surface area (Å²) in [6.45, 7) is 13.6. The van der Waals surface area contributed by atoms with Gasteiger partial charge in [0.05, 0.1) is 0 Å². The minimum absolute atomic E-state index is 0. The third-order valence-electron chi connectivity index (χ3n) is 3.46. The molecular formula is C16H40. The summed E-state index contributed by atoms with van der Waals surface area (Å²) in [6.07, 6.45) is 8.12. The normalized spacial score (nSPS) is 9.00. The second kappa shape index (κ2) is 20.4. The first-order chi connectivity index (χ1) is 6.69. The fraction of sp³-hybridized carbons (Fsp3) is 1.00. The van der Waals surface area contributed by atoms with Gasteiger partial charge in [-0.1, -0.05) is 94.9 Å². The summed E-state index contributed by atoms with van der Waals surface area (Å²) >= 11 is 0. The number of hydrogen-bond acceptors (Lipinski definition) is 0. The average molecular weight is 232 g/mol. The second-order valence-electron chi connectivity index (χ2n) is 4.18. The van der Waals surface area contributed by atoms with E-state index in [9.17, 15) is 0 Å². The van der Waals surface area contributed by atoms with Gasteiger partial charge >= 0.3 is 0 Å². The van der Waals surface area contributed by atoms with Crippen LogP contribution in [0.25, 0.3) is 0 Å². The standard InChI is InChI=1S/2C7H16.2CH4/c2*1-4-7(5-2)6-3;;/h2*7H,4-6H2,1-3H3;2*1H4. The molecule has 104 valence electrons. The van der Waals surface area contributed by atoms with Crippen molar-refractivity contribution in [1.82, 2.24) is 0 Å². The van der Waals surface area contributed by atoms with Crippen LogP contribution in [0.3, 0.4) is 0 Å². The van der Waals surface area contributed by atoms with Gasteiger partial charge in [-0.05, 0) is 11.8 Å². The summed E-state index contributed by atoms with van der Waals surface area (Å²) in [5.41, 5.74) is 0. The van der Waals surface area contributed by atoms with Crippen LogP contribution in [-0.2, 0) is 0 Å². The lowest BCUT2D eigenvalue weighted by Crippen LogP contribution is -1.91. The topological polar surface area (TPSA) is 0 Å². The Balaban J connectivity index is -0.0000000800. The van der Waals surface area contributed by atoms with Gasteiger partial charge in [-0.25, -0.2) is 0 Å². The Morgan fingerprint density at radius 1 is 0.438 bits per heavy atom. The molecule has 0 spiro atoms. The van der Waals surface area contributed by atoms with E-state index in [4.69, 9.17) is 0 Å². The Labute approximate surface area is 107 Å². The molecule has 0 unspecified atom stereocenters. The van der Waals surface area contributed by atoms with Crippen molar-refractivity contribution in [2.75, 3.05) is 0 Å². The summed E-state index contributed by atoms with van der Waals surface area (Å²) in [7, 11) is 0. The summed E-state index contributed by atoms with van der Waals surface area (Å²) in [5.74, 6) is 1.97. The third-order valence-corrected chi connectivity index (χ3v) is 3.46. The van der Waals surface area contributed by atoms with Crippen molar-refractivity contribution in [2.45, 2.75) is 94.9 Å². The van der Waals surface area contributed by atoms with Gasteiger partial charge in [0, 0.05) is 0 Å². The summed E-state index contributed by atoms with van der Waals surface area (Å²) < 4.78 is 0. The quantitative estimate of drug-likeness (QED) is 0.465. The lowest BCUT2D eigenvalue weighted by molar-refractivity contribution is 0.477. The third kappa shape index (κ3) is 16.4. The molecule has 0 amide bonds. The van der Waals surface area contributed by atoms with Crippen LogP contribution in [0.2, 0.25) is 0 Å². The van der Waals surface area contributed by atoms with Gasteiger partial charge in [0.2, 0.25) is 0 Å². The Bertz CT molecular complexity index is 55.0. The Kier molecular flexibility index (Phi) is 31.9. The van der Waals surface area contributed by atoms with Crippen LogP contribution in [0.15, 0.2) is 0 Å². The molecular weight excluding hydrogens is 192 g/mol. The molecule has 0 saturated carbocycles. The van der Waals surface area contributed by atoms with Crippen LogP contribution in [0, 0.1) is 11.8 Å². The highest BCUT2D eigenvalue weighted by Gasteiger charge is 1.96. The van der Waals surface area contributed by atoms with Crippen molar-refractivity contribution >= 4 is 0 Å². The van der Waals surface area contributed by atoms with Gasteiger partial charge < -0.3 is 0 Å². The lowest BCUT2D eigenvalue weighted by atomic mass is 10.0. The zero-order valence-electron chi connectivity index (χ0n) is 11.4. The van der Waals surface area contributed by atoms with Crippen molar-refractivity contribution in [3.8, 4) is 0 Å². The van der Waals surface area contributed by atoms with Crippen LogP contribution in [0.1, 0.15) is 94.9 Å². The van der Waals surface area contributed by atoms with Gasteiger partial charge in [-0.2, -0.15) is 0 Å². The van der Waals surface area contributed by atoms with Gasteiger partial charge in [0.25, 0.3) is 0 Å². The Hall–Kier alpha value is 0. The van der Waals surface area contributed by atoms with Crippen molar-refractivity contribution in [1.29, 1.82) is 0 Å². The molecule has 0 heterocycles. The van der Waals surface area contributed by atoms with Crippen LogP contribution in [-0.4, -0.2) is 0 Å². The van der Waals surface area contributed by atoms with Gasteiger partial charge in [-0.3, -0.25) is 0 Å². The van der Waals surface area contributed by atoms with E-state index in [2.05, 4.69) is 41.5 Å². The summed E-state index contributed by atoms with van der Waals surface area (Å²) in [4.78, 5) is 0. The highest BCUT2D eigenvalue weighted by molar-refractivity contribution is 4.49. The van der Waals surface area contributed by atoms with E-state index in [1.807, 2.05) is 0 Å². The van der Waals surface area contributed by atoms with Crippen molar-refractivity contribution in [3.05, 3.63) is 0 Å². The maximum Gasteiger partial charge on any atom is -0.0422 e. The van der Waals surface area contributed by atoms with Crippen LogP contribution in [0.4, 0.5) is 0 Å². The minimum Gasteiger partial charge on any atom is -0.0776 e. The maximum absolute atomic E-state index is 2.26. The fourth-order valence-corrected chi connectivity index (χ4v) is 1.73. The van der Waals surface area contributed by atoms with E-state index in [0.717, 1.165) is 11.8 Å². The van der Waals surface area contributed by atoms with E-state index < -0.39 is 0 Å². The Morgan fingerprint density at radius 2 is 0.562 bits per heavy atom. The SMILES string of the molecule is C.C.CCC(CC)CC.CCC(CC)CC. The first kappa shape index (κ1) is 25.0. The molecule has 0 bridgehead atoms. The van der Waals surface area contributed by atoms with Crippen molar-refractivity contribution in [2.24, 2.45) is 11.8 Å². The smallest absolute Gasteiger partial charge is 0.0422 e. The zero-order chi connectivity index (χ0) is 11.4. The molecule has 0 fully saturated rings. The molecule has 0 atom stereocenters. The molecule has 0 nitrogen and oxygen atoms in total. The molecule has 0 rings (SSSR count). The predicted octanol–water partition coefficient (Wildman–Crippen LogP) is 6.94. The van der Waals surface area contributed by atoms with Gasteiger partial charge in [-0.15, -0.1) is 0 Å². The molecule has 0 heteroatoms. The second-order valence-corrected chi connectivity index (χ2v) is 4.18. The lowest BCUT2D eigenvalue weighted by Gasteiger charge is -2.05. The molecule has 0 aromatic heterocycles. The van der Waals surface area contributed by atoms with E-state index in [-0.39, 0.29) is 14.9 Å². The van der Waals surface area contributed by atoms with E-state index >= 15 is 0 Å². The molecule has 0 aromatic carbocycles.